The smallest absolute Gasteiger partial charge is 0.247 e. The van der Waals surface area contributed by atoms with Gasteiger partial charge in [-0.15, -0.1) is 0 Å². The maximum Gasteiger partial charge on any atom is 0.247 e. The largest absolute Gasteiger partial charge is 0.338 e. The van der Waals surface area contributed by atoms with Crippen LogP contribution >= 0.6 is 0 Å². The third-order valence-electron chi connectivity index (χ3n) is 5.11. The second-order valence-electron chi connectivity index (χ2n) is 7.08. The highest BCUT2D eigenvalue weighted by Crippen LogP contribution is 2.17. The molecule has 0 aliphatic carbocycles. The van der Waals surface area contributed by atoms with Gasteiger partial charge in [0.15, 0.2) is 0 Å². The standard InChI is InChI=1S/C20H28N4O/c1-15-7-5-6-8-19(15)14-22-9-11-23(12-10-22)20(25)18(4)24-17(3)13-16(2)21-24/h5-8,13,18H,9-12,14H2,1-4H3/t18-/m0/s1. The molecule has 5 heteroatoms. The number of aryl methyl sites for hydroxylation is 3. The molecular weight excluding hydrogens is 312 g/mol. The predicted octanol–water partition coefficient (Wildman–Crippen LogP) is 2.71. The first-order chi connectivity index (χ1) is 12.0. The van der Waals surface area contributed by atoms with Gasteiger partial charge in [0.1, 0.15) is 6.04 Å². The summed E-state index contributed by atoms with van der Waals surface area (Å²) in [6.45, 7) is 12.4. The highest BCUT2D eigenvalue weighted by Gasteiger charge is 2.27. The van der Waals surface area contributed by atoms with E-state index in [9.17, 15) is 4.79 Å². The van der Waals surface area contributed by atoms with Gasteiger partial charge < -0.3 is 4.90 Å². The van der Waals surface area contributed by atoms with Crippen LogP contribution in [0.1, 0.15) is 35.5 Å². The molecule has 0 radical (unpaired) electrons. The van der Waals surface area contributed by atoms with E-state index in [1.54, 1.807) is 0 Å². The summed E-state index contributed by atoms with van der Waals surface area (Å²) in [5, 5.41) is 4.47. The summed E-state index contributed by atoms with van der Waals surface area (Å²) in [5.74, 6) is 0.168. The molecule has 1 aliphatic heterocycles. The third kappa shape index (κ3) is 3.93. The summed E-state index contributed by atoms with van der Waals surface area (Å²) in [4.78, 5) is 17.2. The average Bonchev–Trinajstić information content (AvgIpc) is 2.94. The van der Waals surface area contributed by atoms with Crippen molar-refractivity contribution < 1.29 is 4.79 Å². The van der Waals surface area contributed by atoms with E-state index in [1.807, 2.05) is 36.4 Å². The zero-order valence-electron chi connectivity index (χ0n) is 15.7. The fourth-order valence-corrected chi connectivity index (χ4v) is 3.56. The van der Waals surface area contributed by atoms with E-state index in [0.717, 1.165) is 44.1 Å². The highest BCUT2D eigenvalue weighted by atomic mass is 16.2. The zero-order chi connectivity index (χ0) is 18.0. The van der Waals surface area contributed by atoms with Gasteiger partial charge in [0, 0.05) is 38.4 Å². The fourth-order valence-electron chi connectivity index (χ4n) is 3.56. The van der Waals surface area contributed by atoms with E-state index >= 15 is 0 Å². The van der Waals surface area contributed by atoms with Gasteiger partial charge in [-0.25, -0.2) is 0 Å². The molecule has 0 N–H and O–H groups in total. The van der Waals surface area contributed by atoms with Gasteiger partial charge in [-0.3, -0.25) is 14.4 Å². The van der Waals surface area contributed by atoms with Crippen molar-refractivity contribution in [1.29, 1.82) is 0 Å². The molecule has 134 valence electrons. The van der Waals surface area contributed by atoms with E-state index in [2.05, 4.69) is 41.2 Å². The van der Waals surface area contributed by atoms with Crippen molar-refractivity contribution in [2.45, 2.75) is 40.3 Å². The van der Waals surface area contributed by atoms with Crippen LogP contribution in [0.5, 0.6) is 0 Å². The Kier molecular flexibility index (Phi) is 5.23. The summed E-state index contributed by atoms with van der Waals surface area (Å²) in [6, 6.07) is 10.3. The lowest BCUT2D eigenvalue weighted by Gasteiger charge is -2.36. The van der Waals surface area contributed by atoms with Crippen molar-refractivity contribution in [2.24, 2.45) is 0 Å². The SMILES string of the molecule is Cc1cc(C)n([C@@H](C)C(=O)N2CCN(Cc3ccccc3C)CC2)n1. The van der Waals surface area contributed by atoms with Crippen molar-refractivity contribution in [1.82, 2.24) is 19.6 Å². The lowest BCUT2D eigenvalue weighted by atomic mass is 10.1. The van der Waals surface area contributed by atoms with Gasteiger partial charge in [-0.2, -0.15) is 5.10 Å². The Hall–Kier alpha value is -2.14. The minimum Gasteiger partial charge on any atom is -0.338 e. The minimum absolute atomic E-state index is 0.168. The highest BCUT2D eigenvalue weighted by molar-refractivity contribution is 5.80. The van der Waals surface area contributed by atoms with Gasteiger partial charge in [0.25, 0.3) is 0 Å². The molecule has 1 atom stereocenters. The average molecular weight is 340 g/mol. The van der Waals surface area contributed by atoms with Crippen molar-refractivity contribution in [2.75, 3.05) is 26.2 Å². The number of hydrogen-bond acceptors (Lipinski definition) is 3. The molecule has 0 saturated carbocycles. The molecule has 1 aromatic heterocycles. The van der Waals surface area contributed by atoms with Gasteiger partial charge in [0.2, 0.25) is 5.91 Å². The van der Waals surface area contributed by atoms with Crippen LogP contribution in [0.25, 0.3) is 0 Å². The summed E-state index contributed by atoms with van der Waals surface area (Å²) >= 11 is 0. The molecule has 3 rings (SSSR count). The van der Waals surface area contributed by atoms with Crippen LogP contribution in [-0.2, 0) is 11.3 Å². The molecule has 2 heterocycles. The lowest BCUT2D eigenvalue weighted by Crippen LogP contribution is -2.50. The van der Waals surface area contributed by atoms with Crippen molar-refractivity contribution >= 4 is 5.91 Å². The number of aromatic nitrogens is 2. The van der Waals surface area contributed by atoms with Crippen LogP contribution in [0.2, 0.25) is 0 Å². The molecular formula is C20H28N4O. The molecule has 1 amide bonds. The maximum atomic E-state index is 12.8. The topological polar surface area (TPSA) is 41.4 Å². The first-order valence-corrected chi connectivity index (χ1v) is 9.04. The van der Waals surface area contributed by atoms with Crippen molar-refractivity contribution in [3.63, 3.8) is 0 Å². The first kappa shape index (κ1) is 17.7. The number of rotatable bonds is 4. The molecule has 1 aromatic carbocycles. The second kappa shape index (κ2) is 7.40. The Bertz CT molecular complexity index is 744. The van der Waals surface area contributed by atoms with Crippen LogP contribution < -0.4 is 0 Å². The van der Waals surface area contributed by atoms with Crippen LogP contribution in [0, 0.1) is 20.8 Å². The third-order valence-corrected chi connectivity index (χ3v) is 5.11. The summed E-state index contributed by atoms with van der Waals surface area (Å²) in [7, 11) is 0. The summed E-state index contributed by atoms with van der Waals surface area (Å²) in [5.41, 5.74) is 4.70. The van der Waals surface area contributed by atoms with E-state index < -0.39 is 0 Å². The van der Waals surface area contributed by atoms with E-state index in [0.29, 0.717) is 0 Å². The second-order valence-corrected chi connectivity index (χ2v) is 7.08. The van der Waals surface area contributed by atoms with Gasteiger partial charge in [0.05, 0.1) is 5.69 Å². The van der Waals surface area contributed by atoms with Gasteiger partial charge >= 0.3 is 0 Å². The maximum absolute atomic E-state index is 12.8. The molecule has 1 fully saturated rings. The van der Waals surface area contributed by atoms with Crippen molar-refractivity contribution in [3.8, 4) is 0 Å². The zero-order valence-corrected chi connectivity index (χ0v) is 15.7. The first-order valence-electron chi connectivity index (χ1n) is 9.04. The molecule has 1 saturated heterocycles. The normalized spacial score (nSPS) is 16.9. The van der Waals surface area contributed by atoms with Gasteiger partial charge in [-0.05, 0) is 44.9 Å². The van der Waals surface area contributed by atoms with E-state index in [1.165, 1.54) is 11.1 Å². The van der Waals surface area contributed by atoms with E-state index in [4.69, 9.17) is 0 Å². The number of benzene rings is 1. The number of carbonyl (C=O) groups excluding carboxylic acids is 1. The van der Waals surface area contributed by atoms with Crippen LogP contribution in [0.3, 0.4) is 0 Å². The van der Waals surface area contributed by atoms with Gasteiger partial charge in [-0.1, -0.05) is 24.3 Å². The Morgan fingerprint density at radius 2 is 1.80 bits per heavy atom. The number of piperazine rings is 1. The molecule has 0 bridgehead atoms. The summed E-state index contributed by atoms with van der Waals surface area (Å²) < 4.78 is 1.84. The molecule has 2 aromatic rings. The molecule has 0 unspecified atom stereocenters. The van der Waals surface area contributed by atoms with Crippen LogP contribution in [-0.4, -0.2) is 51.7 Å². The molecule has 5 nitrogen and oxygen atoms in total. The molecule has 0 spiro atoms. The number of carbonyl (C=O) groups is 1. The van der Waals surface area contributed by atoms with Crippen molar-refractivity contribution in [3.05, 3.63) is 52.8 Å². The number of nitrogens with zero attached hydrogens (tertiary/aromatic N) is 4. The minimum atomic E-state index is -0.239. The molecule has 1 aliphatic rings. The Morgan fingerprint density at radius 3 is 2.40 bits per heavy atom. The Balaban J connectivity index is 1.57. The quantitative estimate of drug-likeness (QED) is 0.859. The van der Waals surface area contributed by atoms with Crippen LogP contribution in [0.15, 0.2) is 30.3 Å². The predicted molar refractivity (Wildman–Crippen MR) is 99.4 cm³/mol. The number of amides is 1. The van der Waals surface area contributed by atoms with Crippen LogP contribution in [0.4, 0.5) is 0 Å². The van der Waals surface area contributed by atoms with E-state index in [-0.39, 0.29) is 11.9 Å². The monoisotopic (exact) mass is 340 g/mol. The summed E-state index contributed by atoms with van der Waals surface area (Å²) in [6.07, 6.45) is 0. The lowest BCUT2D eigenvalue weighted by molar-refractivity contribution is -0.136. The number of hydrogen-bond donors (Lipinski definition) is 0. The Labute approximate surface area is 150 Å². The Morgan fingerprint density at radius 1 is 1.12 bits per heavy atom. The molecule has 25 heavy (non-hydrogen) atoms. The fraction of sp³-hybridized carbons (Fsp3) is 0.500.